The first kappa shape index (κ1) is 21.0. The lowest BCUT2D eigenvalue weighted by Gasteiger charge is -2.14. The highest BCUT2D eigenvalue weighted by Gasteiger charge is 2.27. The van der Waals surface area contributed by atoms with Crippen molar-refractivity contribution in [3.63, 3.8) is 0 Å². The number of nitrogens with one attached hydrogen (secondary N) is 2. The van der Waals surface area contributed by atoms with Gasteiger partial charge in [0.25, 0.3) is 0 Å². The van der Waals surface area contributed by atoms with Crippen LogP contribution in [0.15, 0.2) is 47.4 Å². The number of rotatable bonds is 7. The predicted octanol–water partition coefficient (Wildman–Crippen LogP) is 1.98. The smallest absolute Gasteiger partial charge is 0.214 e. The second-order valence-corrected chi connectivity index (χ2v) is 11.6. The van der Waals surface area contributed by atoms with Crippen LogP contribution in [0.25, 0.3) is 0 Å². The maximum absolute atomic E-state index is 12.1. The molecule has 2 aromatic carbocycles. The SMILES string of the molecule is CNS(=O)(=O)c1cccc(Cc2ccc3c(c2)C[C@@H](NS(=O)(=O)C(C)C)C3)c1. The van der Waals surface area contributed by atoms with E-state index >= 15 is 0 Å². The molecule has 2 N–H and O–H groups in total. The summed E-state index contributed by atoms with van der Waals surface area (Å²) in [7, 11) is -5.37. The fourth-order valence-corrected chi connectivity index (χ4v) is 5.11. The quantitative estimate of drug-likeness (QED) is 0.714. The second-order valence-electron chi connectivity index (χ2n) is 7.45. The minimum absolute atomic E-state index is 0.109. The molecule has 1 atom stereocenters. The van der Waals surface area contributed by atoms with Gasteiger partial charge in [-0.3, -0.25) is 0 Å². The van der Waals surface area contributed by atoms with Crippen molar-refractivity contribution in [2.45, 2.75) is 49.3 Å². The van der Waals surface area contributed by atoms with Crippen molar-refractivity contribution in [1.82, 2.24) is 9.44 Å². The summed E-state index contributed by atoms with van der Waals surface area (Å²) in [5.41, 5.74) is 4.29. The van der Waals surface area contributed by atoms with E-state index < -0.39 is 25.3 Å². The van der Waals surface area contributed by atoms with E-state index in [4.69, 9.17) is 0 Å². The normalized spacial score (nSPS) is 17.1. The summed E-state index contributed by atoms with van der Waals surface area (Å²) in [6.45, 7) is 3.34. The Balaban J connectivity index is 1.75. The van der Waals surface area contributed by atoms with Crippen LogP contribution in [0.3, 0.4) is 0 Å². The molecule has 6 nitrogen and oxygen atoms in total. The minimum Gasteiger partial charge on any atom is -0.214 e. The molecule has 0 amide bonds. The Bertz CT molecular complexity index is 1080. The number of fused-ring (bicyclic) bond motifs is 1. The molecule has 2 aromatic rings. The lowest BCUT2D eigenvalue weighted by molar-refractivity contribution is 0.547. The molecule has 0 bridgehead atoms. The largest absolute Gasteiger partial charge is 0.240 e. The van der Waals surface area contributed by atoms with Gasteiger partial charge in [-0.2, -0.15) is 0 Å². The van der Waals surface area contributed by atoms with Crippen molar-refractivity contribution in [1.29, 1.82) is 0 Å². The summed E-state index contributed by atoms with van der Waals surface area (Å²) in [6, 6.07) is 13.0. The van der Waals surface area contributed by atoms with Crippen molar-refractivity contribution in [3.05, 3.63) is 64.7 Å². The fraction of sp³-hybridized carbons (Fsp3) is 0.400. The Morgan fingerprint density at radius 1 is 0.964 bits per heavy atom. The summed E-state index contributed by atoms with van der Waals surface area (Å²) in [5, 5.41) is -0.451. The number of sulfonamides is 2. The summed E-state index contributed by atoms with van der Waals surface area (Å²) in [6.07, 6.45) is 1.98. The maximum atomic E-state index is 12.1. The van der Waals surface area contributed by atoms with Crippen LogP contribution in [-0.2, 0) is 39.3 Å². The molecule has 0 fully saturated rings. The molecule has 1 aliphatic carbocycles. The van der Waals surface area contributed by atoms with Gasteiger partial charge < -0.3 is 0 Å². The van der Waals surface area contributed by atoms with Gasteiger partial charge in [0.2, 0.25) is 20.0 Å². The van der Waals surface area contributed by atoms with E-state index in [1.807, 2.05) is 18.2 Å². The van der Waals surface area contributed by atoms with Crippen molar-refractivity contribution >= 4 is 20.0 Å². The molecule has 0 unspecified atom stereocenters. The number of hydrogen-bond donors (Lipinski definition) is 2. The van der Waals surface area contributed by atoms with E-state index in [1.54, 1.807) is 32.0 Å². The van der Waals surface area contributed by atoms with Crippen molar-refractivity contribution in [2.24, 2.45) is 0 Å². The van der Waals surface area contributed by atoms with E-state index in [2.05, 4.69) is 15.5 Å². The van der Waals surface area contributed by atoms with Gasteiger partial charge in [0.1, 0.15) is 0 Å². The minimum atomic E-state index is -3.47. The zero-order valence-electron chi connectivity index (χ0n) is 16.3. The van der Waals surface area contributed by atoms with Gasteiger partial charge >= 0.3 is 0 Å². The molecule has 0 spiro atoms. The maximum Gasteiger partial charge on any atom is 0.240 e. The molecule has 0 radical (unpaired) electrons. The molecule has 0 aromatic heterocycles. The van der Waals surface area contributed by atoms with E-state index in [0.29, 0.717) is 19.3 Å². The molecule has 0 saturated carbocycles. The molecule has 0 aliphatic heterocycles. The number of benzene rings is 2. The molecular weight excluding hydrogens is 396 g/mol. The Kier molecular flexibility index (Phi) is 5.95. The summed E-state index contributed by atoms with van der Waals surface area (Å²) < 4.78 is 53.3. The molecule has 152 valence electrons. The van der Waals surface area contributed by atoms with Gasteiger partial charge in [0.05, 0.1) is 10.1 Å². The zero-order chi connectivity index (χ0) is 20.5. The lowest BCUT2D eigenvalue weighted by Crippen LogP contribution is -2.39. The third-order valence-corrected chi connectivity index (χ3v) is 8.36. The van der Waals surface area contributed by atoms with E-state index in [9.17, 15) is 16.8 Å². The van der Waals surface area contributed by atoms with E-state index in [0.717, 1.165) is 22.3 Å². The van der Waals surface area contributed by atoms with Gasteiger partial charge in [-0.1, -0.05) is 30.3 Å². The van der Waals surface area contributed by atoms with Gasteiger partial charge in [-0.15, -0.1) is 0 Å². The first-order valence-corrected chi connectivity index (χ1v) is 12.3. The fourth-order valence-electron chi connectivity index (χ4n) is 3.41. The van der Waals surface area contributed by atoms with Crippen LogP contribution in [0.1, 0.15) is 36.1 Å². The highest BCUT2D eigenvalue weighted by Crippen LogP contribution is 2.25. The van der Waals surface area contributed by atoms with Crippen molar-refractivity contribution < 1.29 is 16.8 Å². The van der Waals surface area contributed by atoms with Gasteiger partial charge in [-0.05, 0) is 74.5 Å². The average molecular weight is 423 g/mol. The van der Waals surface area contributed by atoms with Crippen LogP contribution in [-0.4, -0.2) is 35.2 Å². The predicted molar refractivity (Wildman–Crippen MR) is 110 cm³/mol. The van der Waals surface area contributed by atoms with Gasteiger partial charge in [-0.25, -0.2) is 26.3 Å². The summed E-state index contributed by atoms with van der Waals surface area (Å²) in [4.78, 5) is 0.247. The first-order chi connectivity index (χ1) is 13.1. The van der Waals surface area contributed by atoms with E-state index in [1.165, 1.54) is 7.05 Å². The summed E-state index contributed by atoms with van der Waals surface area (Å²) >= 11 is 0. The highest BCUT2D eigenvalue weighted by molar-refractivity contribution is 7.90. The monoisotopic (exact) mass is 422 g/mol. The third kappa shape index (κ3) is 4.63. The molecule has 28 heavy (non-hydrogen) atoms. The van der Waals surface area contributed by atoms with Crippen molar-refractivity contribution in [2.75, 3.05) is 7.05 Å². The first-order valence-electron chi connectivity index (χ1n) is 9.25. The summed E-state index contributed by atoms with van der Waals surface area (Å²) in [5.74, 6) is 0. The van der Waals surface area contributed by atoms with Gasteiger partial charge in [0, 0.05) is 6.04 Å². The number of hydrogen-bond acceptors (Lipinski definition) is 4. The lowest BCUT2D eigenvalue weighted by atomic mass is 10.0. The average Bonchev–Trinajstić information content (AvgIpc) is 3.02. The molecule has 3 rings (SSSR count). The van der Waals surface area contributed by atoms with Crippen LogP contribution in [0.2, 0.25) is 0 Å². The molecular formula is C20H26N2O4S2. The molecule has 8 heteroatoms. The Labute approximate surface area is 167 Å². The second kappa shape index (κ2) is 7.94. The highest BCUT2D eigenvalue weighted by atomic mass is 32.2. The van der Waals surface area contributed by atoms with Crippen LogP contribution in [0.5, 0.6) is 0 Å². The van der Waals surface area contributed by atoms with Crippen LogP contribution >= 0.6 is 0 Å². The third-order valence-electron chi connectivity index (χ3n) is 5.04. The van der Waals surface area contributed by atoms with Crippen LogP contribution < -0.4 is 9.44 Å². The molecule has 1 aliphatic rings. The van der Waals surface area contributed by atoms with Gasteiger partial charge in [0.15, 0.2) is 0 Å². The topological polar surface area (TPSA) is 92.3 Å². The van der Waals surface area contributed by atoms with Crippen LogP contribution in [0.4, 0.5) is 0 Å². The van der Waals surface area contributed by atoms with Crippen LogP contribution in [0, 0.1) is 0 Å². The van der Waals surface area contributed by atoms with Crippen molar-refractivity contribution in [3.8, 4) is 0 Å². The molecule has 0 heterocycles. The standard InChI is InChI=1S/C20H26N2O4S2/c1-14(2)27(23,24)22-19-12-17-8-7-16(10-18(17)13-19)9-15-5-4-6-20(11-15)28(25,26)21-3/h4-8,10-11,14,19,21-22H,9,12-13H2,1-3H3/t19-/m0/s1. The Morgan fingerprint density at radius 3 is 2.32 bits per heavy atom. The van der Waals surface area contributed by atoms with E-state index in [-0.39, 0.29) is 10.9 Å². The molecule has 0 saturated heterocycles. The Morgan fingerprint density at radius 2 is 1.64 bits per heavy atom. The zero-order valence-corrected chi connectivity index (χ0v) is 17.9. The Hall–Kier alpha value is -1.74.